The van der Waals surface area contributed by atoms with Crippen molar-refractivity contribution in [2.75, 3.05) is 24.2 Å². The summed E-state index contributed by atoms with van der Waals surface area (Å²) < 4.78 is 0. The molecule has 0 fully saturated rings. The number of hydrogen-bond donors (Lipinski definition) is 1. The molecule has 2 aromatic rings. The Labute approximate surface area is 164 Å². The number of terminal acetylenes is 1. The second-order valence-corrected chi connectivity index (χ2v) is 7.47. The molecule has 2 aromatic carbocycles. The maximum Gasteiger partial charge on any atom is 0.239 e. The van der Waals surface area contributed by atoms with Crippen LogP contribution >= 0.6 is 11.8 Å². The van der Waals surface area contributed by atoms with E-state index in [9.17, 15) is 9.59 Å². The first-order valence-corrected chi connectivity index (χ1v) is 9.91. The number of thioether (sulfide) groups is 1. The van der Waals surface area contributed by atoms with Crippen LogP contribution in [0, 0.1) is 12.3 Å². The van der Waals surface area contributed by atoms with Crippen molar-refractivity contribution in [3.8, 4) is 12.3 Å². The molecule has 1 aliphatic carbocycles. The van der Waals surface area contributed by atoms with Crippen molar-refractivity contribution in [2.45, 2.75) is 24.2 Å². The van der Waals surface area contributed by atoms with Gasteiger partial charge in [-0.1, -0.05) is 18.1 Å². The van der Waals surface area contributed by atoms with E-state index in [1.807, 2.05) is 0 Å². The first kappa shape index (κ1) is 19.1. The van der Waals surface area contributed by atoms with Crippen LogP contribution in [0.3, 0.4) is 0 Å². The third-order valence-electron chi connectivity index (χ3n) is 4.64. The molecule has 5 heteroatoms. The van der Waals surface area contributed by atoms with Gasteiger partial charge in [0, 0.05) is 23.2 Å². The lowest BCUT2D eigenvalue weighted by Gasteiger charge is -2.22. The van der Waals surface area contributed by atoms with Crippen molar-refractivity contribution in [2.24, 2.45) is 0 Å². The van der Waals surface area contributed by atoms with Crippen molar-refractivity contribution in [3.05, 3.63) is 59.2 Å². The molecule has 1 N–H and O–H groups in total. The Hall–Kier alpha value is -2.71. The molecule has 0 unspecified atom stereocenters. The molecule has 27 heavy (non-hydrogen) atoms. The lowest BCUT2D eigenvalue weighted by atomic mass is 10.1. The summed E-state index contributed by atoms with van der Waals surface area (Å²) in [5.74, 6) is 2.47. The molecule has 0 spiro atoms. The Morgan fingerprint density at radius 1 is 1.19 bits per heavy atom. The molecule has 3 rings (SSSR count). The van der Waals surface area contributed by atoms with Crippen LogP contribution in [-0.4, -0.2) is 31.2 Å². The van der Waals surface area contributed by atoms with Gasteiger partial charge in [0.15, 0.2) is 0 Å². The molecule has 0 heterocycles. The molecule has 2 amide bonds. The Bertz CT molecular complexity index is 901. The van der Waals surface area contributed by atoms with Crippen molar-refractivity contribution < 1.29 is 9.59 Å². The predicted molar refractivity (Wildman–Crippen MR) is 110 cm³/mol. The molecule has 0 bridgehead atoms. The number of anilines is 1. The quantitative estimate of drug-likeness (QED) is 0.621. The smallest absolute Gasteiger partial charge is 0.239 e. The summed E-state index contributed by atoms with van der Waals surface area (Å²) in [7, 11) is 1.56. The number of likely N-dealkylation sites (N-methyl/N-ethyl adjacent to an activating group) is 1. The summed E-state index contributed by atoms with van der Waals surface area (Å²) >= 11 is 1.50. The highest BCUT2D eigenvalue weighted by Crippen LogP contribution is 2.28. The topological polar surface area (TPSA) is 49.4 Å². The van der Waals surface area contributed by atoms with Gasteiger partial charge in [0.2, 0.25) is 11.8 Å². The van der Waals surface area contributed by atoms with Crippen LogP contribution in [0.4, 0.5) is 5.69 Å². The number of rotatable bonds is 6. The van der Waals surface area contributed by atoms with Crippen molar-refractivity contribution in [1.82, 2.24) is 5.32 Å². The fourth-order valence-corrected chi connectivity index (χ4v) is 4.01. The van der Waals surface area contributed by atoms with Crippen molar-refractivity contribution >= 4 is 29.3 Å². The summed E-state index contributed by atoms with van der Waals surface area (Å²) in [5.41, 5.74) is 4.11. The fraction of sp³-hybridized carbons (Fsp3) is 0.273. The van der Waals surface area contributed by atoms with Gasteiger partial charge in [-0.15, -0.1) is 18.2 Å². The minimum Gasteiger partial charge on any atom is -0.358 e. The number of nitrogens with one attached hydrogen (secondary N) is 1. The third-order valence-corrected chi connectivity index (χ3v) is 5.62. The van der Waals surface area contributed by atoms with E-state index in [1.54, 1.807) is 31.3 Å². The molecule has 0 atom stereocenters. The number of amides is 2. The Kier molecular flexibility index (Phi) is 6.20. The minimum atomic E-state index is -0.225. The van der Waals surface area contributed by atoms with Crippen LogP contribution in [-0.2, 0) is 22.4 Å². The van der Waals surface area contributed by atoms with Gasteiger partial charge < -0.3 is 10.2 Å². The van der Waals surface area contributed by atoms with Crippen LogP contribution in [0.15, 0.2) is 47.4 Å². The van der Waals surface area contributed by atoms with E-state index in [0.717, 1.165) is 17.7 Å². The van der Waals surface area contributed by atoms with Crippen LogP contribution in [0.2, 0.25) is 0 Å². The molecule has 0 aromatic heterocycles. The number of aryl methyl sites for hydroxylation is 2. The number of nitrogens with zero attached hydrogens (tertiary/aromatic N) is 1. The summed E-state index contributed by atoms with van der Waals surface area (Å²) in [5, 5.41) is 2.57. The summed E-state index contributed by atoms with van der Waals surface area (Å²) in [4.78, 5) is 27.4. The van der Waals surface area contributed by atoms with Crippen LogP contribution in [0.25, 0.3) is 0 Å². The molecule has 0 saturated heterocycles. The number of hydrogen-bond acceptors (Lipinski definition) is 3. The van der Waals surface area contributed by atoms with Gasteiger partial charge >= 0.3 is 0 Å². The normalized spacial score (nSPS) is 12.1. The Morgan fingerprint density at radius 3 is 2.78 bits per heavy atom. The van der Waals surface area contributed by atoms with Crippen LogP contribution < -0.4 is 10.2 Å². The minimum absolute atomic E-state index is 0.0336. The molecule has 138 valence electrons. The highest BCUT2D eigenvalue weighted by molar-refractivity contribution is 8.00. The van der Waals surface area contributed by atoms with E-state index in [2.05, 4.69) is 29.4 Å². The van der Waals surface area contributed by atoms with Crippen LogP contribution in [0.1, 0.15) is 23.1 Å². The second-order valence-electron chi connectivity index (χ2n) is 6.42. The van der Waals surface area contributed by atoms with Gasteiger partial charge in [-0.25, -0.2) is 0 Å². The van der Waals surface area contributed by atoms with Crippen molar-refractivity contribution in [3.63, 3.8) is 0 Å². The van der Waals surface area contributed by atoms with Gasteiger partial charge in [-0.05, 0) is 60.7 Å². The maximum absolute atomic E-state index is 12.9. The number of fused-ring (bicyclic) bond motifs is 1. The SMILES string of the molecule is C#Cc1cccc(N(CC(=O)NC)C(=O)CSc2ccc3c(c2)CCC3)c1. The number of carbonyl (C=O) groups excluding carboxylic acids is 2. The second kappa shape index (κ2) is 8.79. The van der Waals surface area contributed by atoms with Gasteiger partial charge in [0.05, 0.1) is 5.75 Å². The maximum atomic E-state index is 12.9. The van der Waals surface area contributed by atoms with Gasteiger partial charge in [0.25, 0.3) is 0 Å². The molecule has 0 radical (unpaired) electrons. The Morgan fingerprint density at radius 2 is 2.00 bits per heavy atom. The molecular formula is C22H22N2O2S. The van der Waals surface area contributed by atoms with Crippen LogP contribution in [0.5, 0.6) is 0 Å². The van der Waals surface area contributed by atoms with E-state index in [-0.39, 0.29) is 24.1 Å². The summed E-state index contributed by atoms with van der Waals surface area (Å²) in [6, 6.07) is 13.6. The average molecular weight is 378 g/mol. The van der Waals surface area contributed by atoms with Gasteiger partial charge in [0.1, 0.15) is 6.54 Å². The van der Waals surface area contributed by atoms with E-state index in [4.69, 9.17) is 6.42 Å². The van der Waals surface area contributed by atoms with Crippen molar-refractivity contribution in [1.29, 1.82) is 0 Å². The number of benzene rings is 2. The highest BCUT2D eigenvalue weighted by atomic mass is 32.2. The largest absolute Gasteiger partial charge is 0.358 e. The van der Waals surface area contributed by atoms with E-state index in [0.29, 0.717) is 11.3 Å². The fourth-order valence-electron chi connectivity index (χ4n) is 3.17. The third kappa shape index (κ3) is 4.72. The van der Waals surface area contributed by atoms with Gasteiger partial charge in [-0.3, -0.25) is 9.59 Å². The summed E-state index contributed by atoms with van der Waals surface area (Å²) in [6.45, 7) is -0.0336. The molecule has 4 nitrogen and oxygen atoms in total. The summed E-state index contributed by atoms with van der Waals surface area (Å²) in [6.07, 6.45) is 8.92. The average Bonchev–Trinajstić information content (AvgIpc) is 3.17. The lowest BCUT2D eigenvalue weighted by Crippen LogP contribution is -2.40. The van der Waals surface area contributed by atoms with E-state index in [1.165, 1.54) is 34.2 Å². The first-order valence-electron chi connectivity index (χ1n) is 8.93. The lowest BCUT2D eigenvalue weighted by molar-refractivity contribution is -0.122. The predicted octanol–water partition coefficient (Wildman–Crippen LogP) is 3.03. The molecule has 0 aliphatic heterocycles. The van der Waals surface area contributed by atoms with E-state index < -0.39 is 0 Å². The number of carbonyl (C=O) groups is 2. The zero-order chi connectivity index (χ0) is 19.2. The zero-order valence-electron chi connectivity index (χ0n) is 15.3. The van der Waals surface area contributed by atoms with Gasteiger partial charge in [-0.2, -0.15) is 0 Å². The molecular weight excluding hydrogens is 356 g/mol. The monoisotopic (exact) mass is 378 g/mol. The Balaban J connectivity index is 1.74. The highest BCUT2D eigenvalue weighted by Gasteiger charge is 2.20. The van der Waals surface area contributed by atoms with E-state index >= 15 is 0 Å². The standard InChI is InChI=1S/C22H22N2O2S/c1-3-16-6-4-9-19(12-16)24(14-21(25)23-2)22(26)15-27-20-11-10-17-7-5-8-18(17)13-20/h1,4,6,9-13H,5,7-8,14-15H2,2H3,(H,23,25). The molecule has 0 saturated carbocycles. The molecule has 1 aliphatic rings. The zero-order valence-corrected chi connectivity index (χ0v) is 16.1. The first-order chi connectivity index (χ1) is 13.1.